The van der Waals surface area contributed by atoms with Crippen LogP contribution in [0.5, 0.6) is 0 Å². The molecule has 0 spiro atoms. The highest BCUT2D eigenvalue weighted by molar-refractivity contribution is 7.98. The number of aromatic nitrogens is 2. The van der Waals surface area contributed by atoms with Gasteiger partial charge in [-0.2, -0.15) is 0 Å². The number of hydrogen-bond acceptors (Lipinski definition) is 6. The smallest absolute Gasteiger partial charge is 0.338 e. The van der Waals surface area contributed by atoms with Crippen LogP contribution in [0, 0.1) is 19.7 Å². The zero-order valence-electron chi connectivity index (χ0n) is 16.0. The van der Waals surface area contributed by atoms with Gasteiger partial charge in [0.2, 0.25) is 5.78 Å². The lowest BCUT2D eigenvalue weighted by Crippen LogP contribution is -2.16. The molecule has 0 radical (unpaired) electrons. The summed E-state index contributed by atoms with van der Waals surface area (Å²) in [5.74, 6) is -1.40. The second-order valence-electron chi connectivity index (χ2n) is 6.36. The first kappa shape index (κ1) is 20.7. The fourth-order valence-electron chi connectivity index (χ4n) is 2.72. The Bertz CT molecular complexity index is 1040. The van der Waals surface area contributed by atoms with Crippen LogP contribution in [0.2, 0.25) is 0 Å². The van der Waals surface area contributed by atoms with Crippen molar-refractivity contribution in [2.45, 2.75) is 24.8 Å². The van der Waals surface area contributed by atoms with E-state index in [2.05, 4.69) is 9.97 Å². The average Bonchev–Trinajstić information content (AvgIpc) is 2.70. The molecule has 0 saturated heterocycles. The minimum Gasteiger partial charge on any atom is -0.454 e. The Labute approximate surface area is 172 Å². The zero-order valence-corrected chi connectivity index (χ0v) is 16.8. The summed E-state index contributed by atoms with van der Waals surface area (Å²) in [6, 6.07) is 14.5. The van der Waals surface area contributed by atoms with Crippen molar-refractivity contribution in [1.29, 1.82) is 0 Å². The summed E-state index contributed by atoms with van der Waals surface area (Å²) >= 11 is 1.41. The van der Waals surface area contributed by atoms with Crippen LogP contribution in [-0.2, 0) is 10.5 Å². The second-order valence-corrected chi connectivity index (χ2v) is 7.30. The van der Waals surface area contributed by atoms with Gasteiger partial charge in [-0.05, 0) is 43.7 Å². The fourth-order valence-corrected chi connectivity index (χ4v) is 3.67. The van der Waals surface area contributed by atoms with Gasteiger partial charge in [-0.1, -0.05) is 42.1 Å². The maximum Gasteiger partial charge on any atom is 0.338 e. The molecule has 29 heavy (non-hydrogen) atoms. The van der Waals surface area contributed by atoms with E-state index in [0.29, 0.717) is 16.5 Å². The van der Waals surface area contributed by atoms with Gasteiger partial charge in [0, 0.05) is 17.1 Å². The van der Waals surface area contributed by atoms with Gasteiger partial charge >= 0.3 is 5.97 Å². The van der Waals surface area contributed by atoms with Gasteiger partial charge < -0.3 is 4.74 Å². The van der Waals surface area contributed by atoms with Crippen molar-refractivity contribution in [1.82, 2.24) is 9.97 Å². The molecule has 1 aromatic heterocycles. The third-order valence-electron chi connectivity index (χ3n) is 4.06. The number of nitrogens with zero attached hydrogens (tertiary/aromatic N) is 2. The lowest BCUT2D eigenvalue weighted by atomic mass is 10.1. The van der Waals surface area contributed by atoms with Crippen LogP contribution in [-0.4, -0.2) is 28.3 Å². The van der Waals surface area contributed by atoms with E-state index in [0.717, 1.165) is 17.0 Å². The highest BCUT2D eigenvalue weighted by atomic mass is 32.2. The van der Waals surface area contributed by atoms with Crippen molar-refractivity contribution in [3.63, 3.8) is 0 Å². The van der Waals surface area contributed by atoms with E-state index in [9.17, 15) is 14.0 Å². The summed E-state index contributed by atoms with van der Waals surface area (Å²) in [5, 5.41) is 0.625. The number of hydrogen-bond donors (Lipinski definition) is 0. The summed E-state index contributed by atoms with van der Waals surface area (Å²) in [6.45, 7) is 3.27. The molecule has 0 fully saturated rings. The molecule has 5 nitrogen and oxygen atoms in total. The van der Waals surface area contributed by atoms with Crippen LogP contribution < -0.4 is 0 Å². The highest BCUT2D eigenvalue weighted by Gasteiger charge is 2.17. The van der Waals surface area contributed by atoms with Crippen LogP contribution >= 0.6 is 11.8 Å². The van der Waals surface area contributed by atoms with Crippen LogP contribution in [0.25, 0.3) is 0 Å². The standard InChI is InChI=1S/C22H19FN2O3S/c1-14-11-15(2)25-22(24-14)29-13-16-7-3-4-8-17(16)21(27)28-12-20(26)18-9-5-6-10-19(18)23/h3-11H,12-13H2,1-2H3. The number of ketones is 1. The Morgan fingerprint density at radius 3 is 2.28 bits per heavy atom. The second kappa shape index (κ2) is 9.43. The van der Waals surface area contributed by atoms with Crippen LogP contribution in [0.1, 0.15) is 37.7 Å². The SMILES string of the molecule is Cc1cc(C)nc(SCc2ccccc2C(=O)OCC(=O)c2ccccc2F)n1. The largest absolute Gasteiger partial charge is 0.454 e. The van der Waals surface area contributed by atoms with E-state index in [-0.39, 0.29) is 5.56 Å². The lowest BCUT2D eigenvalue weighted by molar-refractivity contribution is 0.0472. The zero-order chi connectivity index (χ0) is 20.8. The van der Waals surface area contributed by atoms with Crippen LogP contribution in [0.15, 0.2) is 59.8 Å². The quantitative estimate of drug-likeness (QED) is 0.246. The molecule has 1 heterocycles. The average molecular weight is 410 g/mol. The molecule has 0 aliphatic rings. The Balaban J connectivity index is 1.67. The molecule has 0 bridgehead atoms. The Morgan fingerprint density at radius 1 is 0.966 bits per heavy atom. The van der Waals surface area contributed by atoms with Gasteiger partial charge in [0.05, 0.1) is 11.1 Å². The molecule has 0 aliphatic heterocycles. The number of esters is 1. The summed E-state index contributed by atoms with van der Waals surface area (Å²) in [7, 11) is 0. The molecule has 3 rings (SSSR count). The van der Waals surface area contributed by atoms with Crippen molar-refractivity contribution in [3.8, 4) is 0 Å². The van der Waals surface area contributed by atoms with Gasteiger partial charge in [0.1, 0.15) is 5.82 Å². The molecule has 0 saturated carbocycles. The van der Waals surface area contributed by atoms with E-state index >= 15 is 0 Å². The first-order valence-electron chi connectivity index (χ1n) is 8.92. The summed E-state index contributed by atoms with van der Waals surface area (Å²) in [5.41, 5.74) is 2.74. The molecule has 0 unspecified atom stereocenters. The highest BCUT2D eigenvalue weighted by Crippen LogP contribution is 2.23. The number of rotatable bonds is 7. The molecule has 148 valence electrons. The van der Waals surface area contributed by atoms with E-state index in [1.807, 2.05) is 32.0 Å². The number of ether oxygens (including phenoxy) is 1. The predicted octanol–water partition coefficient (Wildman–Crippen LogP) is 4.56. The number of carbonyl (C=O) groups is 2. The summed E-state index contributed by atoms with van der Waals surface area (Å²) in [6.07, 6.45) is 0. The van der Waals surface area contributed by atoms with Crippen molar-refractivity contribution in [2.75, 3.05) is 6.61 Å². The molecule has 2 aromatic carbocycles. The number of carbonyl (C=O) groups excluding carboxylic acids is 2. The van der Waals surface area contributed by atoms with Crippen LogP contribution in [0.4, 0.5) is 4.39 Å². The van der Waals surface area contributed by atoms with Crippen molar-refractivity contribution >= 4 is 23.5 Å². The Kier molecular flexibility index (Phi) is 6.72. The number of halogens is 1. The first-order chi connectivity index (χ1) is 13.9. The van der Waals surface area contributed by atoms with Gasteiger partial charge in [-0.3, -0.25) is 4.79 Å². The lowest BCUT2D eigenvalue weighted by Gasteiger charge is -2.09. The summed E-state index contributed by atoms with van der Waals surface area (Å²) < 4.78 is 18.8. The molecule has 0 aliphatic carbocycles. The molecule has 0 N–H and O–H groups in total. The minimum absolute atomic E-state index is 0.101. The minimum atomic E-state index is -0.640. The topological polar surface area (TPSA) is 69.2 Å². The summed E-state index contributed by atoms with van der Waals surface area (Å²) in [4.78, 5) is 33.4. The first-order valence-corrected chi connectivity index (χ1v) is 9.90. The van der Waals surface area contributed by atoms with E-state index in [1.54, 1.807) is 18.2 Å². The normalized spacial score (nSPS) is 10.6. The molecule has 7 heteroatoms. The van der Waals surface area contributed by atoms with Gasteiger partial charge in [-0.25, -0.2) is 19.2 Å². The number of aryl methyl sites for hydroxylation is 2. The van der Waals surface area contributed by atoms with E-state index < -0.39 is 24.2 Å². The van der Waals surface area contributed by atoms with Gasteiger partial charge in [0.25, 0.3) is 0 Å². The molecular formula is C22H19FN2O3S. The molecule has 0 amide bonds. The van der Waals surface area contributed by atoms with Gasteiger partial charge in [-0.15, -0.1) is 0 Å². The van der Waals surface area contributed by atoms with Crippen molar-refractivity contribution in [2.24, 2.45) is 0 Å². The number of thioether (sulfide) groups is 1. The maximum absolute atomic E-state index is 13.7. The molecule has 3 aromatic rings. The van der Waals surface area contributed by atoms with E-state index in [1.165, 1.54) is 30.0 Å². The van der Waals surface area contributed by atoms with Crippen LogP contribution in [0.3, 0.4) is 0 Å². The van der Waals surface area contributed by atoms with Crippen molar-refractivity contribution < 1.29 is 18.7 Å². The molecular weight excluding hydrogens is 391 g/mol. The monoisotopic (exact) mass is 410 g/mol. The van der Waals surface area contributed by atoms with Gasteiger partial charge in [0.15, 0.2) is 11.8 Å². The van der Waals surface area contributed by atoms with Crippen molar-refractivity contribution in [3.05, 3.63) is 88.5 Å². The molecule has 0 atom stereocenters. The Morgan fingerprint density at radius 2 is 1.59 bits per heavy atom. The fraction of sp³-hybridized carbons (Fsp3) is 0.182. The predicted molar refractivity (Wildman–Crippen MR) is 109 cm³/mol. The third-order valence-corrected chi connectivity index (χ3v) is 4.96. The Hall–Kier alpha value is -3.06. The van der Waals surface area contributed by atoms with E-state index in [4.69, 9.17) is 4.74 Å². The third kappa shape index (κ3) is 5.48. The maximum atomic E-state index is 13.7. The number of Topliss-reactive ketones (excluding diaryl/α,β-unsaturated/α-hetero) is 1. The number of benzene rings is 2.